The molecule has 0 unspecified atom stereocenters. The molecule has 0 saturated carbocycles. The molecule has 1 aromatic carbocycles. The lowest BCUT2D eigenvalue weighted by molar-refractivity contribution is 0.320. The highest BCUT2D eigenvalue weighted by molar-refractivity contribution is 6.69. The maximum absolute atomic E-state index is 13.4. The Labute approximate surface area is 89.7 Å². The van der Waals surface area contributed by atoms with Gasteiger partial charge >= 0.3 is 0 Å². The van der Waals surface area contributed by atoms with Gasteiger partial charge in [0.05, 0.1) is 12.7 Å². The fourth-order valence-corrected chi connectivity index (χ4v) is 1.29. The Morgan fingerprint density at radius 1 is 1.57 bits per heavy atom. The average Bonchev–Trinajstić information content (AvgIpc) is 2.21. The zero-order valence-electron chi connectivity index (χ0n) is 7.09. The van der Waals surface area contributed by atoms with Crippen LogP contribution < -0.4 is 4.74 Å². The van der Waals surface area contributed by atoms with Gasteiger partial charge in [0.1, 0.15) is 10.8 Å². The van der Waals surface area contributed by atoms with Crippen molar-refractivity contribution in [2.24, 2.45) is 5.16 Å². The molecule has 0 aromatic heterocycles. The molecule has 1 rings (SSSR count). The molecule has 0 aliphatic carbocycles. The second-order valence-corrected chi connectivity index (χ2v) is 3.07. The SMILES string of the molecule is COc1ccc(C(Cl)=NO)c(F)c1Cl. The molecule has 76 valence electrons. The van der Waals surface area contributed by atoms with Gasteiger partial charge in [-0.2, -0.15) is 0 Å². The lowest BCUT2D eigenvalue weighted by Gasteiger charge is -2.06. The van der Waals surface area contributed by atoms with Gasteiger partial charge in [-0.15, -0.1) is 0 Å². The van der Waals surface area contributed by atoms with E-state index in [0.29, 0.717) is 0 Å². The molecule has 0 fully saturated rings. The van der Waals surface area contributed by atoms with Gasteiger partial charge in [-0.25, -0.2) is 4.39 Å². The minimum absolute atomic E-state index is 0.0834. The number of halogens is 3. The standard InChI is InChI=1S/C8H6Cl2FNO2/c1-14-5-3-2-4(8(10)12-13)7(11)6(5)9/h2-3,13H,1H3. The Bertz CT molecular complexity index is 382. The molecule has 0 bridgehead atoms. The third-order valence-electron chi connectivity index (χ3n) is 1.58. The number of rotatable bonds is 2. The van der Waals surface area contributed by atoms with Crippen molar-refractivity contribution < 1.29 is 14.3 Å². The van der Waals surface area contributed by atoms with Crippen molar-refractivity contribution in [3.05, 3.63) is 28.5 Å². The normalized spacial score (nSPS) is 11.6. The summed E-state index contributed by atoms with van der Waals surface area (Å²) in [5.41, 5.74) is -0.0834. The number of benzene rings is 1. The van der Waals surface area contributed by atoms with Crippen molar-refractivity contribution in [3.63, 3.8) is 0 Å². The maximum atomic E-state index is 13.4. The van der Waals surface area contributed by atoms with Crippen LogP contribution in [0.4, 0.5) is 4.39 Å². The van der Waals surface area contributed by atoms with Crippen LogP contribution in [0.1, 0.15) is 5.56 Å². The van der Waals surface area contributed by atoms with Crippen LogP contribution in [0.15, 0.2) is 17.3 Å². The number of hydrogen-bond acceptors (Lipinski definition) is 3. The molecule has 0 aliphatic rings. The summed E-state index contributed by atoms with van der Waals surface area (Å²) in [5.74, 6) is -0.593. The first kappa shape index (κ1) is 11.1. The summed E-state index contributed by atoms with van der Waals surface area (Å²) in [6.07, 6.45) is 0. The summed E-state index contributed by atoms with van der Waals surface area (Å²) in [5, 5.41) is 10.4. The number of methoxy groups -OCH3 is 1. The number of nitrogens with zero attached hydrogens (tertiary/aromatic N) is 1. The first-order chi connectivity index (χ1) is 6.61. The molecular weight excluding hydrogens is 232 g/mol. The fraction of sp³-hybridized carbons (Fsp3) is 0.125. The van der Waals surface area contributed by atoms with Crippen molar-refractivity contribution in [3.8, 4) is 5.75 Å². The van der Waals surface area contributed by atoms with Gasteiger partial charge in [-0.1, -0.05) is 28.4 Å². The summed E-state index contributed by atoms with van der Waals surface area (Å²) < 4.78 is 18.2. The van der Waals surface area contributed by atoms with E-state index in [1.807, 2.05) is 0 Å². The van der Waals surface area contributed by atoms with Crippen LogP contribution in [0.25, 0.3) is 0 Å². The second kappa shape index (κ2) is 4.48. The Balaban J connectivity index is 3.31. The third kappa shape index (κ3) is 1.91. The van der Waals surface area contributed by atoms with Crippen molar-refractivity contribution in [2.45, 2.75) is 0 Å². The molecule has 0 atom stereocenters. The van der Waals surface area contributed by atoms with Crippen LogP contribution in [-0.4, -0.2) is 17.5 Å². The topological polar surface area (TPSA) is 41.8 Å². The quantitative estimate of drug-likeness (QED) is 0.489. The largest absolute Gasteiger partial charge is 0.495 e. The predicted molar refractivity (Wildman–Crippen MR) is 52.1 cm³/mol. The summed E-state index contributed by atoms with van der Waals surface area (Å²) >= 11 is 11.0. The number of oxime groups is 1. The van der Waals surface area contributed by atoms with E-state index in [9.17, 15) is 4.39 Å². The van der Waals surface area contributed by atoms with E-state index in [1.54, 1.807) is 0 Å². The highest BCUT2D eigenvalue weighted by atomic mass is 35.5. The smallest absolute Gasteiger partial charge is 0.178 e. The minimum atomic E-state index is -0.784. The molecule has 0 radical (unpaired) electrons. The monoisotopic (exact) mass is 237 g/mol. The predicted octanol–water partition coefficient (Wildman–Crippen LogP) is 2.86. The van der Waals surface area contributed by atoms with E-state index >= 15 is 0 Å². The second-order valence-electron chi connectivity index (χ2n) is 2.33. The highest BCUT2D eigenvalue weighted by Gasteiger charge is 2.15. The summed E-state index contributed by atoms with van der Waals surface area (Å²) in [6.45, 7) is 0. The van der Waals surface area contributed by atoms with Crippen LogP contribution in [0, 0.1) is 5.82 Å². The van der Waals surface area contributed by atoms with E-state index < -0.39 is 5.82 Å². The molecular formula is C8H6Cl2FNO2. The maximum Gasteiger partial charge on any atom is 0.178 e. The first-order valence-electron chi connectivity index (χ1n) is 3.51. The summed E-state index contributed by atoms with van der Waals surface area (Å²) in [7, 11) is 1.36. The highest BCUT2D eigenvalue weighted by Crippen LogP contribution is 2.29. The number of ether oxygens (including phenoxy) is 1. The van der Waals surface area contributed by atoms with E-state index in [2.05, 4.69) is 5.16 Å². The molecule has 1 N–H and O–H groups in total. The zero-order chi connectivity index (χ0) is 10.7. The van der Waals surface area contributed by atoms with Gasteiger partial charge in [-0.3, -0.25) is 0 Å². The Morgan fingerprint density at radius 3 is 2.71 bits per heavy atom. The Hall–Kier alpha value is -1.00. The molecule has 0 amide bonds. The zero-order valence-corrected chi connectivity index (χ0v) is 8.60. The molecule has 6 heteroatoms. The minimum Gasteiger partial charge on any atom is -0.495 e. The molecule has 14 heavy (non-hydrogen) atoms. The molecule has 0 saturated heterocycles. The first-order valence-corrected chi connectivity index (χ1v) is 4.27. The van der Waals surface area contributed by atoms with Crippen molar-refractivity contribution in [2.75, 3.05) is 7.11 Å². The van der Waals surface area contributed by atoms with Crippen molar-refractivity contribution >= 4 is 28.4 Å². The summed E-state index contributed by atoms with van der Waals surface area (Å²) in [6, 6.07) is 2.73. The van der Waals surface area contributed by atoms with Crippen molar-refractivity contribution in [1.29, 1.82) is 0 Å². The van der Waals surface area contributed by atoms with Crippen LogP contribution in [0.5, 0.6) is 5.75 Å². The molecule has 0 aliphatic heterocycles. The average molecular weight is 238 g/mol. The molecule has 0 heterocycles. The van der Waals surface area contributed by atoms with E-state index in [1.165, 1.54) is 19.2 Å². The van der Waals surface area contributed by atoms with Crippen LogP contribution >= 0.6 is 23.2 Å². The third-order valence-corrected chi connectivity index (χ3v) is 2.21. The molecule has 1 aromatic rings. The van der Waals surface area contributed by atoms with E-state index in [-0.39, 0.29) is 21.5 Å². The van der Waals surface area contributed by atoms with Gasteiger partial charge in [0, 0.05) is 0 Å². The van der Waals surface area contributed by atoms with Gasteiger partial charge in [-0.05, 0) is 12.1 Å². The Morgan fingerprint density at radius 2 is 2.21 bits per heavy atom. The van der Waals surface area contributed by atoms with Crippen LogP contribution in [-0.2, 0) is 0 Å². The summed E-state index contributed by atoms with van der Waals surface area (Å²) in [4.78, 5) is 0. The van der Waals surface area contributed by atoms with Gasteiger partial charge in [0.15, 0.2) is 11.0 Å². The van der Waals surface area contributed by atoms with E-state index in [0.717, 1.165) is 0 Å². The van der Waals surface area contributed by atoms with E-state index in [4.69, 9.17) is 33.1 Å². The lowest BCUT2D eigenvalue weighted by atomic mass is 10.2. The van der Waals surface area contributed by atoms with Gasteiger partial charge in [0.25, 0.3) is 0 Å². The Kier molecular flexibility index (Phi) is 3.55. The number of hydrogen-bond donors (Lipinski definition) is 1. The molecule has 3 nitrogen and oxygen atoms in total. The molecule has 0 spiro atoms. The van der Waals surface area contributed by atoms with Crippen LogP contribution in [0.3, 0.4) is 0 Å². The van der Waals surface area contributed by atoms with Gasteiger partial charge in [0.2, 0.25) is 0 Å². The fourth-order valence-electron chi connectivity index (χ4n) is 0.903. The van der Waals surface area contributed by atoms with Crippen LogP contribution in [0.2, 0.25) is 5.02 Å². The lowest BCUT2D eigenvalue weighted by Crippen LogP contribution is -1.98. The van der Waals surface area contributed by atoms with Gasteiger partial charge < -0.3 is 9.94 Å². The van der Waals surface area contributed by atoms with Crippen molar-refractivity contribution in [1.82, 2.24) is 0 Å².